The third-order valence-corrected chi connectivity index (χ3v) is 6.01. The van der Waals surface area contributed by atoms with Crippen molar-refractivity contribution in [2.45, 2.75) is 73.6 Å². The van der Waals surface area contributed by atoms with E-state index in [1.807, 2.05) is 0 Å². The van der Waals surface area contributed by atoms with Crippen molar-refractivity contribution in [1.29, 1.82) is 0 Å². The van der Waals surface area contributed by atoms with Crippen molar-refractivity contribution in [2.75, 3.05) is 0 Å². The van der Waals surface area contributed by atoms with Crippen molar-refractivity contribution in [3.63, 3.8) is 0 Å². The van der Waals surface area contributed by atoms with Crippen molar-refractivity contribution in [1.82, 2.24) is 0 Å². The molecule has 0 amide bonds. The summed E-state index contributed by atoms with van der Waals surface area (Å²) in [5.41, 5.74) is 1.66. The first-order valence-electron chi connectivity index (χ1n) is 8.02. The van der Waals surface area contributed by atoms with E-state index in [9.17, 15) is 9.90 Å². The van der Waals surface area contributed by atoms with Gasteiger partial charge in [-0.1, -0.05) is 39.3 Å². The Hall–Kier alpha value is -0.790. The van der Waals surface area contributed by atoms with Crippen LogP contribution in [0, 0.1) is 22.7 Å². The first kappa shape index (κ1) is 17.3. The van der Waals surface area contributed by atoms with E-state index < -0.39 is 5.97 Å². The summed E-state index contributed by atoms with van der Waals surface area (Å²) in [6, 6.07) is 0. The van der Waals surface area contributed by atoms with Gasteiger partial charge in [-0.2, -0.15) is 0 Å². The highest BCUT2D eigenvalue weighted by Gasteiger charge is 2.53. The van der Waals surface area contributed by atoms with Crippen LogP contribution in [0.5, 0.6) is 0 Å². The number of carbonyl (C=O) groups is 1. The number of carboxylic acids is 1. The van der Waals surface area contributed by atoms with Crippen molar-refractivity contribution in [2.24, 2.45) is 22.7 Å². The Morgan fingerprint density at radius 1 is 1.35 bits per heavy atom. The molecule has 0 saturated heterocycles. The fourth-order valence-electron chi connectivity index (χ4n) is 4.06. The maximum Gasteiger partial charge on any atom is 0.306 e. The highest BCUT2D eigenvalue weighted by atomic mass is 16.4. The fraction of sp³-hybridized carbons (Fsp3) is 0.833. The zero-order valence-corrected chi connectivity index (χ0v) is 14.1. The van der Waals surface area contributed by atoms with Crippen molar-refractivity contribution >= 4 is 5.97 Å². The van der Waals surface area contributed by atoms with Gasteiger partial charge < -0.3 is 5.11 Å². The SMILES string of the molecule is CCC1(C)C(C(CCC=C(C)C)C(=O)O)CCC1(C)C. The van der Waals surface area contributed by atoms with E-state index in [1.165, 1.54) is 5.57 Å². The number of rotatable bonds is 6. The van der Waals surface area contributed by atoms with Gasteiger partial charge in [-0.3, -0.25) is 4.79 Å². The Labute approximate surface area is 124 Å². The number of carboxylic acid groups (broad SMARTS) is 1. The Morgan fingerprint density at radius 3 is 2.40 bits per heavy atom. The molecule has 2 nitrogen and oxygen atoms in total. The predicted octanol–water partition coefficient (Wildman–Crippen LogP) is 5.29. The molecule has 116 valence electrons. The zero-order chi connectivity index (χ0) is 15.6. The topological polar surface area (TPSA) is 37.3 Å². The lowest BCUT2D eigenvalue weighted by molar-refractivity contribution is -0.146. The highest BCUT2D eigenvalue weighted by Crippen LogP contribution is 2.60. The molecule has 0 aromatic rings. The van der Waals surface area contributed by atoms with Crippen LogP contribution in [0.2, 0.25) is 0 Å². The van der Waals surface area contributed by atoms with Gasteiger partial charge in [0.15, 0.2) is 0 Å². The predicted molar refractivity (Wildman–Crippen MR) is 84.7 cm³/mol. The monoisotopic (exact) mass is 280 g/mol. The minimum Gasteiger partial charge on any atom is -0.481 e. The van der Waals surface area contributed by atoms with E-state index in [1.54, 1.807) is 0 Å². The van der Waals surface area contributed by atoms with Crippen LogP contribution in [0.15, 0.2) is 11.6 Å². The second kappa shape index (κ2) is 6.32. The van der Waals surface area contributed by atoms with Gasteiger partial charge in [0.1, 0.15) is 0 Å². The maximum absolute atomic E-state index is 11.8. The average molecular weight is 280 g/mol. The zero-order valence-electron chi connectivity index (χ0n) is 14.1. The van der Waals surface area contributed by atoms with Crippen molar-refractivity contribution in [3.05, 3.63) is 11.6 Å². The molecule has 1 saturated carbocycles. The molecular formula is C18H32O2. The van der Waals surface area contributed by atoms with E-state index in [4.69, 9.17) is 0 Å². The molecule has 1 fully saturated rings. The standard InChI is InChI=1S/C18H32O2/c1-7-18(6)15(11-12-17(18,4)5)14(16(19)20)10-8-9-13(2)3/h9,14-15H,7-8,10-12H2,1-6H3,(H,19,20). The molecule has 2 heteroatoms. The molecule has 3 atom stereocenters. The van der Waals surface area contributed by atoms with Crippen LogP contribution >= 0.6 is 0 Å². The summed E-state index contributed by atoms with van der Waals surface area (Å²) in [5.74, 6) is -0.489. The summed E-state index contributed by atoms with van der Waals surface area (Å²) in [5, 5.41) is 9.68. The third-order valence-electron chi connectivity index (χ3n) is 6.01. The average Bonchev–Trinajstić information content (AvgIpc) is 2.57. The normalized spacial score (nSPS) is 30.0. The van der Waals surface area contributed by atoms with Crippen LogP contribution < -0.4 is 0 Å². The quantitative estimate of drug-likeness (QED) is 0.671. The van der Waals surface area contributed by atoms with Gasteiger partial charge in [0, 0.05) is 0 Å². The molecule has 3 unspecified atom stereocenters. The second-order valence-corrected chi connectivity index (χ2v) is 7.60. The molecule has 0 heterocycles. The Balaban J connectivity index is 2.92. The van der Waals surface area contributed by atoms with Gasteiger partial charge in [-0.15, -0.1) is 0 Å². The molecule has 0 bridgehead atoms. The summed E-state index contributed by atoms with van der Waals surface area (Å²) in [7, 11) is 0. The lowest BCUT2D eigenvalue weighted by Crippen LogP contribution is -2.39. The van der Waals surface area contributed by atoms with E-state index in [2.05, 4.69) is 47.6 Å². The molecule has 1 aliphatic carbocycles. The van der Waals surface area contributed by atoms with Gasteiger partial charge in [0.25, 0.3) is 0 Å². The lowest BCUT2D eigenvalue weighted by atomic mass is 9.60. The molecule has 0 aromatic carbocycles. The minimum atomic E-state index is -0.602. The van der Waals surface area contributed by atoms with Crippen LogP contribution in [0.1, 0.15) is 73.6 Å². The number of allylic oxidation sites excluding steroid dienone is 2. The Bertz CT molecular complexity index is 377. The third kappa shape index (κ3) is 3.27. The fourth-order valence-corrected chi connectivity index (χ4v) is 4.06. The van der Waals surface area contributed by atoms with Gasteiger partial charge in [0.05, 0.1) is 5.92 Å². The molecule has 0 aliphatic heterocycles. The molecule has 1 rings (SSSR count). The van der Waals surface area contributed by atoms with Crippen LogP contribution in [0.3, 0.4) is 0 Å². The first-order chi connectivity index (χ1) is 9.15. The van der Waals surface area contributed by atoms with E-state index >= 15 is 0 Å². The maximum atomic E-state index is 11.8. The Kier molecular flexibility index (Phi) is 5.46. The van der Waals surface area contributed by atoms with Gasteiger partial charge in [0.2, 0.25) is 0 Å². The minimum absolute atomic E-state index is 0.140. The van der Waals surface area contributed by atoms with Crippen LogP contribution in [0.4, 0.5) is 0 Å². The molecule has 1 N–H and O–H groups in total. The summed E-state index contributed by atoms with van der Waals surface area (Å²) >= 11 is 0. The summed E-state index contributed by atoms with van der Waals surface area (Å²) in [6.07, 6.45) is 7.10. The molecule has 0 spiro atoms. The summed E-state index contributed by atoms with van der Waals surface area (Å²) in [4.78, 5) is 11.8. The largest absolute Gasteiger partial charge is 0.481 e. The smallest absolute Gasteiger partial charge is 0.306 e. The number of aliphatic carboxylic acids is 1. The summed E-state index contributed by atoms with van der Waals surface area (Å²) in [6.45, 7) is 13.3. The molecular weight excluding hydrogens is 248 g/mol. The van der Waals surface area contributed by atoms with Gasteiger partial charge >= 0.3 is 5.97 Å². The van der Waals surface area contributed by atoms with Gasteiger partial charge in [-0.05, 0) is 62.7 Å². The molecule has 20 heavy (non-hydrogen) atoms. The van der Waals surface area contributed by atoms with Crippen molar-refractivity contribution in [3.8, 4) is 0 Å². The Morgan fingerprint density at radius 2 is 1.95 bits per heavy atom. The van der Waals surface area contributed by atoms with E-state index in [0.29, 0.717) is 5.92 Å². The van der Waals surface area contributed by atoms with E-state index in [0.717, 1.165) is 32.1 Å². The van der Waals surface area contributed by atoms with E-state index in [-0.39, 0.29) is 16.7 Å². The highest BCUT2D eigenvalue weighted by molar-refractivity contribution is 5.70. The van der Waals surface area contributed by atoms with Crippen LogP contribution in [0.25, 0.3) is 0 Å². The summed E-state index contributed by atoms with van der Waals surface area (Å²) < 4.78 is 0. The molecule has 0 aromatic heterocycles. The number of hydrogen-bond donors (Lipinski definition) is 1. The molecule has 0 radical (unpaired) electrons. The molecule has 1 aliphatic rings. The lowest BCUT2D eigenvalue weighted by Gasteiger charge is -2.44. The van der Waals surface area contributed by atoms with Crippen LogP contribution in [-0.4, -0.2) is 11.1 Å². The second-order valence-electron chi connectivity index (χ2n) is 7.60. The van der Waals surface area contributed by atoms with Crippen LogP contribution in [-0.2, 0) is 4.79 Å². The van der Waals surface area contributed by atoms with Crippen molar-refractivity contribution < 1.29 is 9.90 Å². The van der Waals surface area contributed by atoms with Gasteiger partial charge in [-0.25, -0.2) is 0 Å². The first-order valence-corrected chi connectivity index (χ1v) is 8.02. The number of hydrogen-bond acceptors (Lipinski definition) is 1.